The number of hydrogen-bond donors (Lipinski definition) is 3. The Labute approximate surface area is 133 Å². The smallest absolute Gasteiger partial charge is 0.335 e. The van der Waals surface area contributed by atoms with E-state index in [2.05, 4.69) is 21.2 Å². The second-order valence-electron chi connectivity index (χ2n) is 4.19. The van der Waals surface area contributed by atoms with Crippen LogP contribution < -0.4 is 11.1 Å². The Kier molecular flexibility index (Phi) is 4.50. The molecule has 1 amide bonds. The lowest BCUT2D eigenvalue weighted by atomic mass is 10.1. The van der Waals surface area contributed by atoms with Crippen molar-refractivity contribution in [2.75, 3.05) is 11.1 Å². The van der Waals surface area contributed by atoms with Crippen LogP contribution in [0.25, 0.3) is 0 Å². The summed E-state index contributed by atoms with van der Waals surface area (Å²) in [7, 11) is 0. The number of halogens is 2. The Morgan fingerprint density at radius 1 is 1.19 bits per heavy atom. The summed E-state index contributed by atoms with van der Waals surface area (Å²) in [6.07, 6.45) is 0. The second kappa shape index (κ2) is 6.15. The first-order chi connectivity index (χ1) is 9.88. The van der Waals surface area contributed by atoms with E-state index in [0.29, 0.717) is 15.2 Å². The molecule has 2 aromatic carbocycles. The Bertz CT molecular complexity index is 734. The first-order valence-electron chi connectivity index (χ1n) is 5.77. The van der Waals surface area contributed by atoms with E-state index < -0.39 is 11.9 Å². The number of nitrogen functional groups attached to an aromatic ring is 1. The molecule has 0 aromatic heterocycles. The van der Waals surface area contributed by atoms with Gasteiger partial charge in [0.15, 0.2) is 0 Å². The molecule has 0 saturated carbocycles. The lowest BCUT2D eigenvalue weighted by molar-refractivity contribution is 0.0697. The van der Waals surface area contributed by atoms with Crippen molar-refractivity contribution in [1.29, 1.82) is 0 Å². The van der Waals surface area contributed by atoms with E-state index in [1.54, 1.807) is 18.2 Å². The molecule has 0 unspecified atom stereocenters. The van der Waals surface area contributed by atoms with Gasteiger partial charge in [-0.3, -0.25) is 4.79 Å². The summed E-state index contributed by atoms with van der Waals surface area (Å²) in [6, 6.07) is 8.96. The summed E-state index contributed by atoms with van der Waals surface area (Å²) in [4.78, 5) is 23.0. The molecule has 5 nitrogen and oxygen atoms in total. The summed E-state index contributed by atoms with van der Waals surface area (Å²) in [5, 5.41) is 11.8. The van der Waals surface area contributed by atoms with Crippen LogP contribution in [0.2, 0.25) is 5.02 Å². The predicted molar refractivity (Wildman–Crippen MR) is 84.9 cm³/mol. The molecule has 2 aromatic rings. The van der Waals surface area contributed by atoms with Crippen molar-refractivity contribution in [3.05, 3.63) is 57.0 Å². The van der Waals surface area contributed by atoms with E-state index in [1.165, 1.54) is 18.2 Å². The van der Waals surface area contributed by atoms with Crippen molar-refractivity contribution in [2.24, 2.45) is 0 Å². The van der Waals surface area contributed by atoms with Gasteiger partial charge in [-0.15, -0.1) is 0 Å². The summed E-state index contributed by atoms with van der Waals surface area (Å²) in [6.45, 7) is 0. The summed E-state index contributed by atoms with van der Waals surface area (Å²) >= 11 is 9.23. The quantitative estimate of drug-likeness (QED) is 0.720. The highest BCUT2D eigenvalue weighted by atomic mass is 79.9. The average molecular weight is 370 g/mol. The minimum Gasteiger partial charge on any atom is -0.478 e. The van der Waals surface area contributed by atoms with Gasteiger partial charge < -0.3 is 16.2 Å². The zero-order valence-corrected chi connectivity index (χ0v) is 12.9. The van der Waals surface area contributed by atoms with Gasteiger partial charge in [0.1, 0.15) is 0 Å². The number of anilines is 2. The molecule has 0 aliphatic carbocycles. The SMILES string of the molecule is Nc1cc(C(=O)O)ccc1NC(=O)c1cc(Br)ccc1Cl. The number of carbonyl (C=O) groups excluding carboxylic acids is 1. The third-order valence-electron chi connectivity index (χ3n) is 2.72. The largest absolute Gasteiger partial charge is 0.478 e. The van der Waals surface area contributed by atoms with E-state index in [1.807, 2.05) is 0 Å². The standard InChI is InChI=1S/C14H10BrClN2O3/c15-8-2-3-10(16)9(6-8)13(19)18-12-4-1-7(14(20)21)5-11(12)17/h1-6H,17H2,(H,18,19)(H,20,21). The van der Waals surface area contributed by atoms with Crippen LogP contribution in [0.4, 0.5) is 11.4 Å². The van der Waals surface area contributed by atoms with Crippen molar-refractivity contribution in [2.45, 2.75) is 0 Å². The fourth-order valence-electron chi connectivity index (χ4n) is 1.67. The van der Waals surface area contributed by atoms with Gasteiger partial charge in [0, 0.05) is 4.47 Å². The molecule has 0 heterocycles. The molecule has 0 spiro atoms. The van der Waals surface area contributed by atoms with E-state index in [4.69, 9.17) is 22.4 Å². The molecule has 0 aliphatic heterocycles. The van der Waals surface area contributed by atoms with Gasteiger partial charge in [0.05, 0.1) is 27.5 Å². The maximum absolute atomic E-state index is 12.2. The highest BCUT2D eigenvalue weighted by Gasteiger charge is 2.13. The highest BCUT2D eigenvalue weighted by Crippen LogP contribution is 2.24. The molecule has 0 radical (unpaired) electrons. The van der Waals surface area contributed by atoms with E-state index in [0.717, 1.165) is 0 Å². The minimum atomic E-state index is -1.09. The maximum Gasteiger partial charge on any atom is 0.335 e. The topological polar surface area (TPSA) is 92.4 Å². The van der Waals surface area contributed by atoms with Crippen molar-refractivity contribution >= 4 is 50.8 Å². The summed E-state index contributed by atoms with van der Waals surface area (Å²) in [5.41, 5.74) is 6.55. The number of rotatable bonds is 3. The van der Waals surface area contributed by atoms with Gasteiger partial charge in [-0.1, -0.05) is 27.5 Å². The van der Waals surface area contributed by atoms with Crippen LogP contribution in [0.5, 0.6) is 0 Å². The van der Waals surface area contributed by atoms with Gasteiger partial charge in [0.2, 0.25) is 0 Å². The van der Waals surface area contributed by atoms with Crippen molar-refractivity contribution < 1.29 is 14.7 Å². The van der Waals surface area contributed by atoms with Crippen LogP contribution in [-0.2, 0) is 0 Å². The monoisotopic (exact) mass is 368 g/mol. The number of carbonyl (C=O) groups is 2. The zero-order valence-electron chi connectivity index (χ0n) is 10.6. The van der Waals surface area contributed by atoms with Crippen LogP contribution in [-0.4, -0.2) is 17.0 Å². The number of hydrogen-bond acceptors (Lipinski definition) is 3. The normalized spacial score (nSPS) is 10.2. The number of benzene rings is 2. The fourth-order valence-corrected chi connectivity index (χ4v) is 2.24. The summed E-state index contributed by atoms with van der Waals surface area (Å²) in [5.74, 6) is -1.52. The molecule has 2 rings (SSSR count). The lowest BCUT2D eigenvalue weighted by Gasteiger charge is -2.10. The first kappa shape index (κ1) is 15.3. The number of amides is 1. The Hall–Kier alpha value is -2.05. The van der Waals surface area contributed by atoms with Gasteiger partial charge in [-0.25, -0.2) is 4.79 Å². The highest BCUT2D eigenvalue weighted by molar-refractivity contribution is 9.10. The molecule has 0 saturated heterocycles. The van der Waals surface area contributed by atoms with Crippen LogP contribution in [0.15, 0.2) is 40.9 Å². The molecule has 0 aliphatic rings. The molecule has 0 fully saturated rings. The fraction of sp³-hybridized carbons (Fsp3) is 0. The second-order valence-corrected chi connectivity index (χ2v) is 5.51. The van der Waals surface area contributed by atoms with E-state index in [-0.39, 0.29) is 16.8 Å². The van der Waals surface area contributed by atoms with E-state index in [9.17, 15) is 9.59 Å². The number of carboxylic acids is 1. The molecule has 0 atom stereocenters. The van der Waals surface area contributed by atoms with Crippen molar-refractivity contribution in [3.8, 4) is 0 Å². The summed E-state index contributed by atoms with van der Waals surface area (Å²) < 4.78 is 0.714. The third kappa shape index (κ3) is 3.53. The van der Waals surface area contributed by atoms with Gasteiger partial charge in [-0.2, -0.15) is 0 Å². The predicted octanol–water partition coefficient (Wildman–Crippen LogP) is 3.64. The number of carboxylic acid groups (broad SMARTS) is 1. The van der Waals surface area contributed by atoms with Crippen molar-refractivity contribution in [3.63, 3.8) is 0 Å². The van der Waals surface area contributed by atoms with Crippen LogP contribution >= 0.6 is 27.5 Å². The maximum atomic E-state index is 12.2. The third-order valence-corrected chi connectivity index (χ3v) is 3.54. The molecule has 4 N–H and O–H groups in total. The number of nitrogens with two attached hydrogens (primary N) is 1. The van der Waals surface area contributed by atoms with Crippen LogP contribution in [0.3, 0.4) is 0 Å². The minimum absolute atomic E-state index is 0.0472. The Balaban J connectivity index is 2.27. The van der Waals surface area contributed by atoms with Gasteiger partial charge >= 0.3 is 5.97 Å². The van der Waals surface area contributed by atoms with Crippen LogP contribution in [0.1, 0.15) is 20.7 Å². The van der Waals surface area contributed by atoms with E-state index >= 15 is 0 Å². The number of nitrogens with one attached hydrogen (secondary N) is 1. The molecule has 0 bridgehead atoms. The van der Waals surface area contributed by atoms with Gasteiger partial charge in [0.25, 0.3) is 5.91 Å². The molecule has 108 valence electrons. The molecule has 7 heteroatoms. The van der Waals surface area contributed by atoms with Gasteiger partial charge in [-0.05, 0) is 36.4 Å². The molecule has 21 heavy (non-hydrogen) atoms. The Morgan fingerprint density at radius 3 is 2.52 bits per heavy atom. The van der Waals surface area contributed by atoms with Crippen LogP contribution in [0, 0.1) is 0 Å². The zero-order chi connectivity index (χ0) is 15.6. The Morgan fingerprint density at radius 2 is 1.90 bits per heavy atom. The molecular weight excluding hydrogens is 360 g/mol. The molecular formula is C14H10BrClN2O3. The van der Waals surface area contributed by atoms with Crippen molar-refractivity contribution in [1.82, 2.24) is 0 Å². The first-order valence-corrected chi connectivity index (χ1v) is 6.95. The number of aromatic carboxylic acids is 1. The lowest BCUT2D eigenvalue weighted by Crippen LogP contribution is -2.14. The average Bonchev–Trinajstić information content (AvgIpc) is 2.43.